The van der Waals surface area contributed by atoms with Gasteiger partial charge in [-0.05, 0) is 33.8 Å². The van der Waals surface area contributed by atoms with Crippen LogP contribution in [-0.4, -0.2) is 21.9 Å². The zero-order valence-corrected chi connectivity index (χ0v) is 10.1. The lowest BCUT2D eigenvalue weighted by atomic mass is 10.2. The van der Waals surface area contributed by atoms with E-state index < -0.39 is 5.60 Å². The van der Waals surface area contributed by atoms with Crippen LogP contribution >= 0.6 is 0 Å². The van der Waals surface area contributed by atoms with E-state index in [-0.39, 0.29) is 18.3 Å². The molecule has 1 heterocycles. The molecule has 0 aromatic carbocycles. The van der Waals surface area contributed by atoms with E-state index in [2.05, 4.69) is 0 Å². The zero-order valence-electron chi connectivity index (χ0n) is 10.1. The number of ketones is 1. The molecule has 0 saturated heterocycles. The summed E-state index contributed by atoms with van der Waals surface area (Å²) in [5.41, 5.74) is 0.122. The second-order valence-corrected chi connectivity index (χ2v) is 4.72. The summed E-state index contributed by atoms with van der Waals surface area (Å²) < 4.78 is 6.81. The van der Waals surface area contributed by atoms with E-state index in [1.165, 1.54) is 6.92 Å². The summed E-state index contributed by atoms with van der Waals surface area (Å²) in [5.74, 6) is -0.318. The highest BCUT2D eigenvalue weighted by Crippen LogP contribution is 2.08. The van der Waals surface area contributed by atoms with Crippen LogP contribution in [0.5, 0.6) is 0 Å². The van der Waals surface area contributed by atoms with Gasteiger partial charge in [0.1, 0.15) is 12.1 Å². The molecule has 16 heavy (non-hydrogen) atoms. The molecule has 0 aliphatic rings. The molecule has 4 heteroatoms. The first kappa shape index (κ1) is 12.5. The average molecular weight is 223 g/mol. The Morgan fingerprint density at radius 1 is 1.38 bits per heavy atom. The van der Waals surface area contributed by atoms with Gasteiger partial charge in [-0.15, -0.1) is 0 Å². The molecule has 0 amide bonds. The molecule has 0 radical (unpaired) electrons. The quantitative estimate of drug-likeness (QED) is 0.582. The number of hydrogen-bond donors (Lipinski definition) is 0. The van der Waals surface area contributed by atoms with Crippen molar-refractivity contribution in [2.75, 3.05) is 0 Å². The van der Waals surface area contributed by atoms with E-state index >= 15 is 0 Å². The number of ether oxygens (including phenoxy) is 1. The van der Waals surface area contributed by atoms with E-state index in [1.54, 1.807) is 23.0 Å². The van der Waals surface area contributed by atoms with Crippen LogP contribution in [0.4, 0.5) is 0 Å². The van der Waals surface area contributed by atoms with Crippen molar-refractivity contribution in [1.82, 2.24) is 4.57 Å². The summed E-state index contributed by atoms with van der Waals surface area (Å²) in [4.78, 5) is 22.5. The summed E-state index contributed by atoms with van der Waals surface area (Å²) in [7, 11) is 0. The molecule has 0 atom stereocenters. The minimum absolute atomic E-state index is 0.0112. The van der Waals surface area contributed by atoms with Crippen LogP contribution in [0.1, 0.15) is 38.1 Å². The summed E-state index contributed by atoms with van der Waals surface area (Å²) in [6, 6.07) is 1.69. The normalized spacial score (nSPS) is 11.2. The third-order valence-electron chi connectivity index (χ3n) is 1.89. The van der Waals surface area contributed by atoms with Crippen molar-refractivity contribution in [3.8, 4) is 0 Å². The fourth-order valence-corrected chi connectivity index (χ4v) is 1.27. The highest BCUT2D eigenvalue weighted by atomic mass is 16.6. The summed E-state index contributed by atoms with van der Waals surface area (Å²) in [6.45, 7) is 7.09. The van der Waals surface area contributed by atoms with Gasteiger partial charge in [0.2, 0.25) is 0 Å². The van der Waals surface area contributed by atoms with Crippen LogP contribution in [0.2, 0.25) is 0 Å². The van der Waals surface area contributed by atoms with Crippen LogP contribution in [-0.2, 0) is 16.1 Å². The van der Waals surface area contributed by atoms with E-state index in [1.807, 2.05) is 20.8 Å². The van der Waals surface area contributed by atoms with Gasteiger partial charge in [-0.25, -0.2) is 0 Å². The molecule has 1 aromatic heterocycles. The smallest absolute Gasteiger partial charge is 0.326 e. The number of carbonyl (C=O) groups is 2. The number of hydrogen-bond acceptors (Lipinski definition) is 3. The second kappa shape index (κ2) is 4.51. The largest absolute Gasteiger partial charge is 0.459 e. The molecule has 0 N–H and O–H groups in total. The SMILES string of the molecule is CC(=O)c1ccn(CC(=O)OC(C)(C)C)c1. The van der Waals surface area contributed by atoms with Gasteiger partial charge >= 0.3 is 5.97 Å². The van der Waals surface area contributed by atoms with Crippen LogP contribution in [0.3, 0.4) is 0 Å². The Labute approximate surface area is 95.2 Å². The maximum absolute atomic E-state index is 11.5. The molecule has 4 nitrogen and oxygen atoms in total. The van der Waals surface area contributed by atoms with Crippen LogP contribution < -0.4 is 0 Å². The number of carbonyl (C=O) groups excluding carboxylic acids is 2. The topological polar surface area (TPSA) is 48.3 Å². The molecule has 0 unspecified atom stereocenters. The third kappa shape index (κ3) is 3.88. The van der Waals surface area contributed by atoms with Gasteiger partial charge in [-0.3, -0.25) is 9.59 Å². The van der Waals surface area contributed by atoms with Crippen LogP contribution in [0, 0.1) is 0 Å². The van der Waals surface area contributed by atoms with Crippen molar-refractivity contribution in [3.05, 3.63) is 24.0 Å². The van der Waals surface area contributed by atoms with Gasteiger partial charge in [0.25, 0.3) is 0 Å². The Bertz CT molecular complexity index is 399. The average Bonchev–Trinajstić information content (AvgIpc) is 2.48. The number of esters is 1. The Balaban J connectivity index is 2.60. The van der Waals surface area contributed by atoms with E-state index in [0.717, 1.165) is 0 Å². The lowest BCUT2D eigenvalue weighted by molar-refractivity contribution is -0.155. The maximum atomic E-state index is 11.5. The maximum Gasteiger partial charge on any atom is 0.326 e. The van der Waals surface area contributed by atoms with Gasteiger partial charge in [-0.1, -0.05) is 0 Å². The molecule has 0 saturated carbocycles. The Morgan fingerprint density at radius 2 is 2.00 bits per heavy atom. The van der Waals surface area contributed by atoms with Crippen molar-refractivity contribution in [1.29, 1.82) is 0 Å². The lowest BCUT2D eigenvalue weighted by Crippen LogP contribution is -2.26. The van der Waals surface area contributed by atoms with Crippen molar-refractivity contribution in [2.45, 2.75) is 39.8 Å². The standard InChI is InChI=1S/C12H17NO3/c1-9(14)10-5-6-13(7-10)8-11(15)16-12(2,3)4/h5-7H,8H2,1-4H3. The fraction of sp³-hybridized carbons (Fsp3) is 0.500. The van der Waals surface area contributed by atoms with Gasteiger partial charge in [0, 0.05) is 18.0 Å². The molecular formula is C12H17NO3. The van der Waals surface area contributed by atoms with Gasteiger partial charge < -0.3 is 9.30 Å². The highest BCUT2D eigenvalue weighted by Gasteiger charge is 2.16. The fourth-order valence-electron chi connectivity index (χ4n) is 1.27. The number of nitrogens with zero attached hydrogens (tertiary/aromatic N) is 1. The van der Waals surface area contributed by atoms with E-state index in [9.17, 15) is 9.59 Å². The first-order chi connectivity index (χ1) is 7.28. The van der Waals surface area contributed by atoms with Crippen LogP contribution in [0.25, 0.3) is 0 Å². The Hall–Kier alpha value is -1.58. The highest BCUT2D eigenvalue weighted by molar-refractivity contribution is 5.93. The molecule has 1 aromatic rings. The monoisotopic (exact) mass is 223 g/mol. The van der Waals surface area contributed by atoms with E-state index in [0.29, 0.717) is 5.56 Å². The predicted molar refractivity (Wildman–Crippen MR) is 60.3 cm³/mol. The molecular weight excluding hydrogens is 206 g/mol. The minimum Gasteiger partial charge on any atom is -0.459 e. The van der Waals surface area contributed by atoms with Gasteiger partial charge in [-0.2, -0.15) is 0 Å². The van der Waals surface area contributed by atoms with Gasteiger partial charge in [0.05, 0.1) is 0 Å². The number of aromatic nitrogens is 1. The number of Topliss-reactive ketones (excluding diaryl/α,β-unsaturated/α-hetero) is 1. The molecule has 0 spiro atoms. The zero-order chi connectivity index (χ0) is 12.3. The first-order valence-electron chi connectivity index (χ1n) is 5.16. The Morgan fingerprint density at radius 3 is 2.44 bits per heavy atom. The van der Waals surface area contributed by atoms with Crippen molar-refractivity contribution >= 4 is 11.8 Å². The summed E-state index contributed by atoms with van der Waals surface area (Å²) in [6.07, 6.45) is 3.34. The molecule has 0 aliphatic heterocycles. The van der Waals surface area contributed by atoms with Crippen molar-refractivity contribution in [2.24, 2.45) is 0 Å². The third-order valence-corrected chi connectivity index (χ3v) is 1.89. The van der Waals surface area contributed by atoms with Crippen molar-refractivity contribution < 1.29 is 14.3 Å². The lowest BCUT2D eigenvalue weighted by Gasteiger charge is -2.19. The molecule has 0 fully saturated rings. The summed E-state index contributed by atoms with van der Waals surface area (Å²) in [5, 5.41) is 0. The predicted octanol–water partition coefficient (Wildman–Crippen LogP) is 2.03. The number of rotatable bonds is 3. The van der Waals surface area contributed by atoms with Crippen LogP contribution in [0.15, 0.2) is 18.5 Å². The molecule has 0 bridgehead atoms. The Kier molecular flexibility index (Phi) is 3.52. The van der Waals surface area contributed by atoms with Crippen molar-refractivity contribution in [3.63, 3.8) is 0 Å². The molecule has 0 aliphatic carbocycles. The summed E-state index contributed by atoms with van der Waals surface area (Å²) >= 11 is 0. The molecule has 1 rings (SSSR count). The van der Waals surface area contributed by atoms with Gasteiger partial charge in [0.15, 0.2) is 5.78 Å². The second-order valence-electron chi connectivity index (χ2n) is 4.72. The van der Waals surface area contributed by atoms with E-state index in [4.69, 9.17) is 4.74 Å². The molecule has 88 valence electrons. The first-order valence-corrected chi connectivity index (χ1v) is 5.16. The minimum atomic E-state index is -0.479.